The SMILES string of the molecule is Cn1c(=O)c2ccc(N3CCC(CO)CC3)cc2n2nc(-c3ccnc(C(F)(F)F)c3)cc12. The minimum atomic E-state index is -4.56. The Bertz CT molecular complexity index is 1400. The Morgan fingerprint density at radius 1 is 1.12 bits per heavy atom. The molecule has 1 fully saturated rings. The van der Waals surface area contributed by atoms with Crippen LogP contribution >= 0.6 is 0 Å². The van der Waals surface area contributed by atoms with Gasteiger partial charge in [-0.15, -0.1) is 0 Å². The molecule has 0 amide bonds. The molecule has 0 radical (unpaired) electrons. The second-order valence-electron chi connectivity index (χ2n) is 8.41. The number of pyridine rings is 1. The summed E-state index contributed by atoms with van der Waals surface area (Å²) in [6.45, 7) is 1.78. The zero-order valence-electron chi connectivity index (χ0n) is 17.9. The number of rotatable bonds is 3. The molecule has 5 rings (SSSR count). The molecule has 0 bridgehead atoms. The predicted octanol–water partition coefficient (Wildman–Crippen LogP) is 3.48. The van der Waals surface area contributed by atoms with E-state index in [0.29, 0.717) is 28.2 Å². The van der Waals surface area contributed by atoms with Crippen molar-refractivity contribution < 1.29 is 18.3 Å². The number of nitrogens with zero attached hydrogens (tertiary/aromatic N) is 5. The third-order valence-electron chi connectivity index (χ3n) is 6.36. The highest BCUT2D eigenvalue weighted by atomic mass is 19.4. The van der Waals surface area contributed by atoms with Crippen molar-refractivity contribution in [1.82, 2.24) is 19.2 Å². The van der Waals surface area contributed by atoms with E-state index >= 15 is 0 Å². The lowest BCUT2D eigenvalue weighted by Gasteiger charge is -2.33. The van der Waals surface area contributed by atoms with Gasteiger partial charge in [-0.3, -0.25) is 14.3 Å². The summed E-state index contributed by atoms with van der Waals surface area (Å²) in [5, 5.41) is 14.4. The topological polar surface area (TPSA) is 75.7 Å². The highest BCUT2D eigenvalue weighted by Crippen LogP contribution is 2.31. The third-order valence-corrected chi connectivity index (χ3v) is 6.36. The number of alkyl halides is 3. The number of fused-ring (bicyclic) bond motifs is 3. The molecule has 172 valence electrons. The van der Waals surface area contributed by atoms with Gasteiger partial charge in [0.05, 0.1) is 16.6 Å². The molecular weight excluding hydrogens is 435 g/mol. The second-order valence-corrected chi connectivity index (χ2v) is 8.41. The Balaban J connectivity index is 1.64. The van der Waals surface area contributed by atoms with Crippen molar-refractivity contribution in [3.05, 3.63) is 58.6 Å². The molecule has 10 heteroatoms. The molecule has 7 nitrogen and oxygen atoms in total. The molecule has 1 aliphatic heterocycles. The van der Waals surface area contributed by atoms with Gasteiger partial charge in [-0.05, 0) is 49.1 Å². The fourth-order valence-corrected chi connectivity index (χ4v) is 4.40. The zero-order chi connectivity index (χ0) is 23.3. The molecule has 1 aromatic carbocycles. The number of aliphatic hydroxyl groups is 1. The summed E-state index contributed by atoms with van der Waals surface area (Å²) < 4.78 is 42.4. The Hall–Kier alpha value is -3.40. The van der Waals surface area contributed by atoms with Crippen LogP contribution in [-0.2, 0) is 13.2 Å². The normalized spacial score (nSPS) is 15.6. The summed E-state index contributed by atoms with van der Waals surface area (Å²) in [6, 6.07) is 9.59. The number of halogens is 3. The number of aryl methyl sites for hydroxylation is 1. The van der Waals surface area contributed by atoms with Crippen molar-refractivity contribution in [2.24, 2.45) is 13.0 Å². The van der Waals surface area contributed by atoms with Gasteiger partial charge in [-0.25, -0.2) is 4.52 Å². The van der Waals surface area contributed by atoms with Gasteiger partial charge in [-0.1, -0.05) is 0 Å². The fourth-order valence-electron chi connectivity index (χ4n) is 4.40. The van der Waals surface area contributed by atoms with Crippen LogP contribution in [0.2, 0.25) is 0 Å². The molecule has 1 saturated heterocycles. The van der Waals surface area contributed by atoms with Crippen molar-refractivity contribution in [3.63, 3.8) is 0 Å². The largest absolute Gasteiger partial charge is 0.433 e. The highest BCUT2D eigenvalue weighted by molar-refractivity contribution is 5.85. The number of hydrogen-bond donors (Lipinski definition) is 1. The lowest BCUT2D eigenvalue weighted by atomic mass is 9.97. The van der Waals surface area contributed by atoms with E-state index in [0.717, 1.165) is 43.9 Å². The van der Waals surface area contributed by atoms with E-state index in [1.54, 1.807) is 23.7 Å². The fraction of sp³-hybridized carbons (Fsp3) is 0.348. The smallest absolute Gasteiger partial charge is 0.396 e. The van der Waals surface area contributed by atoms with E-state index in [1.807, 2.05) is 12.1 Å². The van der Waals surface area contributed by atoms with Gasteiger partial charge in [0.2, 0.25) is 0 Å². The summed E-state index contributed by atoms with van der Waals surface area (Å²) in [7, 11) is 1.61. The van der Waals surface area contributed by atoms with Crippen LogP contribution in [0.4, 0.5) is 18.9 Å². The van der Waals surface area contributed by atoms with Crippen molar-refractivity contribution in [2.75, 3.05) is 24.6 Å². The van der Waals surface area contributed by atoms with Gasteiger partial charge < -0.3 is 10.0 Å². The molecule has 1 N–H and O–H groups in total. The summed E-state index contributed by atoms with van der Waals surface area (Å²) in [5.41, 5.74) is 1.39. The number of anilines is 1. The van der Waals surface area contributed by atoms with Crippen LogP contribution in [0.1, 0.15) is 18.5 Å². The molecule has 0 saturated carbocycles. The van der Waals surface area contributed by atoms with Crippen LogP contribution in [0.5, 0.6) is 0 Å². The average molecular weight is 457 g/mol. The lowest BCUT2D eigenvalue weighted by Crippen LogP contribution is -2.34. The maximum absolute atomic E-state index is 13.1. The molecule has 1 aliphatic rings. The summed E-state index contributed by atoms with van der Waals surface area (Å²) >= 11 is 0. The Kier molecular flexibility index (Phi) is 5.12. The quantitative estimate of drug-likeness (QED) is 0.510. The monoisotopic (exact) mass is 457 g/mol. The highest BCUT2D eigenvalue weighted by Gasteiger charge is 2.32. The van der Waals surface area contributed by atoms with E-state index in [1.165, 1.54) is 10.6 Å². The molecule has 3 aromatic heterocycles. The predicted molar refractivity (Wildman–Crippen MR) is 118 cm³/mol. The van der Waals surface area contributed by atoms with E-state index in [9.17, 15) is 23.1 Å². The van der Waals surface area contributed by atoms with Crippen molar-refractivity contribution >= 4 is 22.2 Å². The molecule has 33 heavy (non-hydrogen) atoms. The van der Waals surface area contributed by atoms with Gasteiger partial charge in [0.25, 0.3) is 5.56 Å². The van der Waals surface area contributed by atoms with Crippen LogP contribution in [0, 0.1) is 5.92 Å². The first kappa shape index (κ1) is 21.4. The van der Waals surface area contributed by atoms with Crippen molar-refractivity contribution in [2.45, 2.75) is 19.0 Å². The molecular formula is C23H22F3N5O2. The maximum Gasteiger partial charge on any atom is 0.433 e. The van der Waals surface area contributed by atoms with Gasteiger partial charge in [-0.2, -0.15) is 18.3 Å². The molecule has 0 atom stereocenters. The lowest BCUT2D eigenvalue weighted by molar-refractivity contribution is -0.141. The molecule has 4 aromatic rings. The summed E-state index contributed by atoms with van der Waals surface area (Å²) in [5.74, 6) is 0.302. The van der Waals surface area contributed by atoms with Crippen molar-refractivity contribution in [3.8, 4) is 11.3 Å². The van der Waals surface area contributed by atoms with Crippen LogP contribution in [-0.4, -0.2) is 44.0 Å². The van der Waals surface area contributed by atoms with Crippen LogP contribution in [0.15, 0.2) is 47.4 Å². The zero-order valence-corrected chi connectivity index (χ0v) is 17.9. The van der Waals surface area contributed by atoms with Crippen LogP contribution < -0.4 is 10.5 Å². The number of benzene rings is 1. The minimum Gasteiger partial charge on any atom is -0.396 e. The first-order valence-corrected chi connectivity index (χ1v) is 10.7. The third kappa shape index (κ3) is 3.74. The summed E-state index contributed by atoms with van der Waals surface area (Å²) in [6.07, 6.45) is -1.69. The number of aromatic nitrogens is 4. The Morgan fingerprint density at radius 2 is 1.88 bits per heavy atom. The van der Waals surface area contributed by atoms with E-state index in [2.05, 4.69) is 15.0 Å². The second kappa shape index (κ2) is 7.87. The molecule has 0 aliphatic carbocycles. The molecule has 4 heterocycles. The Morgan fingerprint density at radius 3 is 2.58 bits per heavy atom. The van der Waals surface area contributed by atoms with E-state index in [4.69, 9.17) is 0 Å². The van der Waals surface area contributed by atoms with Gasteiger partial charge in [0.15, 0.2) is 0 Å². The summed E-state index contributed by atoms with van der Waals surface area (Å²) in [4.78, 5) is 18.6. The maximum atomic E-state index is 13.1. The van der Waals surface area contributed by atoms with Crippen LogP contribution in [0.3, 0.4) is 0 Å². The van der Waals surface area contributed by atoms with E-state index < -0.39 is 11.9 Å². The molecule has 0 spiro atoms. The van der Waals surface area contributed by atoms with Gasteiger partial charge in [0.1, 0.15) is 11.3 Å². The van der Waals surface area contributed by atoms with Crippen LogP contribution in [0.25, 0.3) is 27.8 Å². The van der Waals surface area contributed by atoms with Gasteiger partial charge >= 0.3 is 6.18 Å². The first-order valence-electron chi connectivity index (χ1n) is 10.7. The Labute approximate surface area is 186 Å². The van der Waals surface area contributed by atoms with Gasteiger partial charge in [0, 0.05) is 50.3 Å². The number of piperidine rings is 1. The minimum absolute atomic E-state index is 0.184. The number of hydrogen-bond acceptors (Lipinski definition) is 5. The average Bonchev–Trinajstić information content (AvgIpc) is 3.28. The first-order chi connectivity index (χ1) is 15.8. The standard InChI is InChI=1S/C23H22F3N5O2/c1-29-21-12-18(15-4-7-27-20(10-15)23(24,25)26)28-31(21)19-11-16(2-3-17(19)22(29)33)30-8-5-14(13-32)6-9-30/h2-4,7,10-12,14,32H,5-6,8-9,13H2,1H3. The van der Waals surface area contributed by atoms with E-state index in [-0.39, 0.29) is 17.7 Å². The number of aliphatic hydroxyl groups excluding tert-OH is 1. The molecule has 0 unspecified atom stereocenters. The van der Waals surface area contributed by atoms with Crippen molar-refractivity contribution in [1.29, 1.82) is 0 Å².